The minimum Gasteiger partial charge on any atom is -0.497 e. The van der Waals surface area contributed by atoms with Crippen LogP contribution in [0.2, 0.25) is 0 Å². The Morgan fingerprint density at radius 3 is 2.43 bits per heavy atom. The van der Waals surface area contributed by atoms with Crippen molar-refractivity contribution < 1.29 is 14.6 Å². The molecular weight excluding hydrogens is 292 g/mol. The molecule has 5 heteroatoms. The second-order valence-electron chi connectivity index (χ2n) is 5.80. The third kappa shape index (κ3) is 4.00. The van der Waals surface area contributed by atoms with Crippen LogP contribution in [0.1, 0.15) is 33.4 Å². The topological polar surface area (TPSA) is 65.6 Å². The Kier molecular flexibility index (Phi) is 5.58. The first kappa shape index (κ1) is 17.2. The molecule has 0 saturated carbocycles. The Balaban J connectivity index is 2.11. The number of nitrogens with one attached hydrogen (secondary N) is 1. The van der Waals surface area contributed by atoms with Gasteiger partial charge in [-0.3, -0.25) is 9.69 Å². The van der Waals surface area contributed by atoms with E-state index in [4.69, 9.17) is 4.74 Å². The van der Waals surface area contributed by atoms with Gasteiger partial charge in [-0.05, 0) is 44.7 Å². The van der Waals surface area contributed by atoms with E-state index in [9.17, 15) is 9.90 Å². The lowest BCUT2D eigenvalue weighted by Gasteiger charge is -2.26. The van der Waals surface area contributed by atoms with Gasteiger partial charge in [0, 0.05) is 17.0 Å². The number of benzene rings is 1. The van der Waals surface area contributed by atoms with Gasteiger partial charge in [0.05, 0.1) is 26.3 Å². The summed E-state index contributed by atoms with van der Waals surface area (Å²) in [5, 5.41) is 9.73. The highest BCUT2D eigenvalue weighted by molar-refractivity contribution is 5.98. The number of Topliss-reactive ketones (excluding diaryl/α,β-unsaturated/α-hetero) is 1. The maximum atomic E-state index is 12.5. The van der Waals surface area contributed by atoms with Crippen molar-refractivity contribution in [2.45, 2.75) is 19.9 Å². The summed E-state index contributed by atoms with van der Waals surface area (Å²) in [4.78, 5) is 17.5. The Morgan fingerprint density at radius 1 is 1.30 bits per heavy atom. The van der Waals surface area contributed by atoms with Gasteiger partial charge in [-0.1, -0.05) is 12.1 Å². The standard InChI is InChI=1S/C18H24N2O3/c1-12-9-16(13(2)19-12)18(22)10-20(3)17(11-21)14-5-7-15(23-4)8-6-14/h5-9,17,19,21H,10-11H2,1-4H3. The molecule has 0 fully saturated rings. The van der Waals surface area contributed by atoms with Crippen LogP contribution >= 0.6 is 0 Å². The van der Waals surface area contributed by atoms with Crippen LogP contribution < -0.4 is 4.74 Å². The molecule has 5 nitrogen and oxygen atoms in total. The van der Waals surface area contributed by atoms with Gasteiger partial charge in [0.25, 0.3) is 0 Å². The number of carbonyl (C=O) groups is 1. The van der Waals surface area contributed by atoms with E-state index in [0.29, 0.717) is 5.56 Å². The maximum Gasteiger partial charge on any atom is 0.178 e. The van der Waals surface area contributed by atoms with Gasteiger partial charge in [-0.2, -0.15) is 0 Å². The molecule has 0 aliphatic heterocycles. The van der Waals surface area contributed by atoms with Crippen molar-refractivity contribution in [1.82, 2.24) is 9.88 Å². The van der Waals surface area contributed by atoms with Crippen LogP contribution in [0.15, 0.2) is 30.3 Å². The fraction of sp³-hybridized carbons (Fsp3) is 0.389. The lowest BCUT2D eigenvalue weighted by molar-refractivity contribution is 0.0875. The third-order valence-corrected chi connectivity index (χ3v) is 4.05. The molecule has 1 aromatic heterocycles. The van der Waals surface area contributed by atoms with Crippen LogP contribution in [0.25, 0.3) is 0 Å². The van der Waals surface area contributed by atoms with Gasteiger partial charge in [0.2, 0.25) is 0 Å². The predicted octanol–water partition coefficient (Wildman–Crippen LogP) is 2.49. The number of methoxy groups -OCH3 is 1. The van der Waals surface area contributed by atoms with Crippen LogP contribution in [0, 0.1) is 13.8 Å². The molecule has 1 heterocycles. The lowest BCUT2D eigenvalue weighted by atomic mass is 10.0. The number of rotatable bonds is 7. The molecule has 124 valence electrons. The number of aromatic nitrogens is 1. The minimum absolute atomic E-state index is 0.0429. The van der Waals surface area contributed by atoms with E-state index in [1.807, 2.05) is 56.1 Å². The van der Waals surface area contributed by atoms with E-state index in [1.165, 1.54) is 0 Å². The van der Waals surface area contributed by atoms with Gasteiger partial charge < -0.3 is 14.8 Å². The largest absolute Gasteiger partial charge is 0.497 e. The number of likely N-dealkylation sites (N-methyl/N-ethyl adjacent to an activating group) is 1. The number of aliphatic hydroxyl groups excluding tert-OH is 1. The predicted molar refractivity (Wildman–Crippen MR) is 90.0 cm³/mol. The van der Waals surface area contributed by atoms with E-state index in [-0.39, 0.29) is 25.0 Å². The number of aliphatic hydroxyl groups is 1. The zero-order valence-electron chi connectivity index (χ0n) is 14.1. The smallest absolute Gasteiger partial charge is 0.178 e. The summed E-state index contributed by atoms with van der Waals surface area (Å²) in [5.41, 5.74) is 3.51. The SMILES string of the molecule is COc1ccc(C(CO)N(C)CC(=O)c2cc(C)[nH]c2C)cc1. The van der Waals surface area contributed by atoms with Crippen LogP contribution in [-0.2, 0) is 0 Å². The third-order valence-electron chi connectivity index (χ3n) is 4.05. The summed E-state index contributed by atoms with van der Waals surface area (Å²) in [6.07, 6.45) is 0. The van der Waals surface area contributed by atoms with Gasteiger partial charge in [0.15, 0.2) is 5.78 Å². The molecule has 2 aromatic rings. The minimum atomic E-state index is -0.231. The quantitative estimate of drug-likeness (QED) is 0.770. The lowest BCUT2D eigenvalue weighted by Crippen LogP contribution is -2.32. The van der Waals surface area contributed by atoms with Crippen LogP contribution in [0.3, 0.4) is 0 Å². The molecule has 23 heavy (non-hydrogen) atoms. The monoisotopic (exact) mass is 316 g/mol. The highest BCUT2D eigenvalue weighted by atomic mass is 16.5. The average molecular weight is 316 g/mol. The molecule has 0 spiro atoms. The van der Waals surface area contributed by atoms with Crippen molar-refractivity contribution in [3.05, 3.63) is 52.8 Å². The van der Waals surface area contributed by atoms with E-state index in [0.717, 1.165) is 22.7 Å². The van der Waals surface area contributed by atoms with Crippen LogP contribution in [0.5, 0.6) is 5.75 Å². The molecule has 1 atom stereocenters. The summed E-state index contributed by atoms with van der Waals surface area (Å²) < 4.78 is 5.15. The summed E-state index contributed by atoms with van der Waals surface area (Å²) in [6.45, 7) is 4.02. The molecule has 2 rings (SSSR count). The number of nitrogens with zero attached hydrogens (tertiary/aromatic N) is 1. The zero-order valence-corrected chi connectivity index (χ0v) is 14.1. The number of hydrogen-bond acceptors (Lipinski definition) is 4. The number of ether oxygens (including phenoxy) is 1. The van der Waals surface area contributed by atoms with Crippen molar-refractivity contribution in [1.29, 1.82) is 0 Å². The normalized spacial score (nSPS) is 12.4. The molecule has 1 unspecified atom stereocenters. The summed E-state index contributed by atoms with van der Waals surface area (Å²) in [6, 6.07) is 9.16. The summed E-state index contributed by atoms with van der Waals surface area (Å²) in [5.74, 6) is 0.809. The molecule has 0 amide bonds. The maximum absolute atomic E-state index is 12.5. The molecule has 0 aliphatic carbocycles. The van der Waals surface area contributed by atoms with Crippen molar-refractivity contribution in [3.8, 4) is 5.75 Å². The fourth-order valence-electron chi connectivity index (χ4n) is 2.76. The Labute approximate surface area is 136 Å². The second-order valence-corrected chi connectivity index (χ2v) is 5.80. The average Bonchev–Trinajstić information content (AvgIpc) is 2.87. The van der Waals surface area contributed by atoms with Gasteiger partial charge in [0.1, 0.15) is 5.75 Å². The zero-order chi connectivity index (χ0) is 17.0. The number of aromatic amines is 1. The Morgan fingerprint density at radius 2 is 1.96 bits per heavy atom. The molecule has 0 radical (unpaired) electrons. The number of H-pyrrole nitrogens is 1. The summed E-state index contributed by atoms with van der Waals surface area (Å²) in [7, 11) is 3.46. The van der Waals surface area contributed by atoms with Crippen molar-refractivity contribution in [2.24, 2.45) is 0 Å². The highest BCUT2D eigenvalue weighted by Crippen LogP contribution is 2.22. The second kappa shape index (κ2) is 7.44. The molecule has 0 aliphatic rings. The van der Waals surface area contributed by atoms with Crippen LogP contribution in [0.4, 0.5) is 0 Å². The molecule has 1 aromatic carbocycles. The van der Waals surface area contributed by atoms with Crippen molar-refractivity contribution in [2.75, 3.05) is 27.3 Å². The molecule has 0 bridgehead atoms. The fourth-order valence-corrected chi connectivity index (χ4v) is 2.76. The first-order valence-corrected chi connectivity index (χ1v) is 7.60. The van der Waals surface area contributed by atoms with Gasteiger partial charge >= 0.3 is 0 Å². The number of hydrogen-bond donors (Lipinski definition) is 2. The molecule has 0 saturated heterocycles. The first-order chi connectivity index (χ1) is 11.0. The number of ketones is 1. The number of aryl methyl sites for hydroxylation is 2. The number of carbonyl (C=O) groups excluding carboxylic acids is 1. The Bertz CT molecular complexity index is 661. The van der Waals surface area contributed by atoms with Gasteiger partial charge in [-0.25, -0.2) is 0 Å². The van der Waals surface area contributed by atoms with E-state index in [1.54, 1.807) is 7.11 Å². The molecule has 2 N–H and O–H groups in total. The Hall–Kier alpha value is -2.11. The van der Waals surface area contributed by atoms with E-state index in [2.05, 4.69) is 4.98 Å². The molecular formula is C18H24N2O3. The van der Waals surface area contributed by atoms with E-state index >= 15 is 0 Å². The van der Waals surface area contributed by atoms with Crippen molar-refractivity contribution in [3.63, 3.8) is 0 Å². The highest BCUT2D eigenvalue weighted by Gasteiger charge is 2.21. The summed E-state index contributed by atoms with van der Waals surface area (Å²) >= 11 is 0. The van der Waals surface area contributed by atoms with Crippen molar-refractivity contribution >= 4 is 5.78 Å². The van der Waals surface area contributed by atoms with E-state index < -0.39 is 0 Å². The first-order valence-electron chi connectivity index (χ1n) is 7.60. The van der Waals surface area contributed by atoms with Crippen LogP contribution in [-0.4, -0.2) is 48.1 Å². The van der Waals surface area contributed by atoms with Gasteiger partial charge in [-0.15, -0.1) is 0 Å².